The molecule has 12 heteroatoms. The number of Topliss-reactive ketones (excluding diaryl/α,β-unsaturated/α-hetero) is 1. The fraction of sp³-hybridized carbons (Fsp3) is 0.462. The molecule has 3 aromatic heterocycles. The zero-order chi connectivity index (χ0) is 27.4. The first-order chi connectivity index (χ1) is 18.0. The third-order valence-electron chi connectivity index (χ3n) is 6.45. The van der Waals surface area contributed by atoms with E-state index in [1.807, 2.05) is 38.3 Å². The number of nitrogens with zero attached hydrogens (tertiary/aromatic N) is 2. The molecule has 204 valence electrons. The van der Waals surface area contributed by atoms with Crippen LogP contribution in [0.2, 0.25) is 0 Å². The van der Waals surface area contributed by atoms with Gasteiger partial charge in [0.1, 0.15) is 6.04 Å². The molecule has 3 atom stereocenters. The van der Waals surface area contributed by atoms with Crippen molar-refractivity contribution in [2.45, 2.75) is 57.1 Å². The van der Waals surface area contributed by atoms with Gasteiger partial charge in [0, 0.05) is 22.1 Å². The van der Waals surface area contributed by atoms with E-state index in [1.54, 1.807) is 23.5 Å². The molecule has 0 radical (unpaired) electrons. The monoisotopic (exact) mass is 576 g/mol. The summed E-state index contributed by atoms with van der Waals surface area (Å²) in [7, 11) is -3.96. The van der Waals surface area contributed by atoms with Gasteiger partial charge in [-0.1, -0.05) is 26.8 Å². The first kappa shape index (κ1) is 28.3. The van der Waals surface area contributed by atoms with Crippen LogP contribution in [0, 0.1) is 11.8 Å². The number of carbonyl (C=O) groups excluding carboxylic acids is 3. The predicted molar refractivity (Wildman–Crippen MR) is 149 cm³/mol. The zero-order valence-electron chi connectivity index (χ0n) is 21.5. The standard InChI is InChI=1S/C26H32N4O5S3/c1-16(2)7-8-18(28-26(33)23-13-22-21(37-23)9-11-36-22)25(32)29-19-12-17(3)14-30(15-20(19)31)38(34,35)24-6-4-5-10-27-24/h4-6,9-11,13,16-19H,7-8,12,14-15H2,1-3H3,(H,28,33)(H,29,32)/t17-,18-,19-/m0/s1. The highest BCUT2D eigenvalue weighted by atomic mass is 32.2. The number of thiophene rings is 2. The van der Waals surface area contributed by atoms with E-state index >= 15 is 0 Å². The van der Waals surface area contributed by atoms with Gasteiger partial charge in [0.2, 0.25) is 5.91 Å². The van der Waals surface area contributed by atoms with Gasteiger partial charge in [-0.3, -0.25) is 14.4 Å². The first-order valence-corrected chi connectivity index (χ1v) is 15.7. The van der Waals surface area contributed by atoms with Gasteiger partial charge >= 0.3 is 0 Å². The van der Waals surface area contributed by atoms with E-state index < -0.39 is 33.8 Å². The average molecular weight is 577 g/mol. The van der Waals surface area contributed by atoms with Crippen molar-refractivity contribution in [1.82, 2.24) is 19.9 Å². The van der Waals surface area contributed by atoms with E-state index in [9.17, 15) is 22.8 Å². The summed E-state index contributed by atoms with van der Waals surface area (Å²) in [6.07, 6.45) is 2.82. The summed E-state index contributed by atoms with van der Waals surface area (Å²) in [4.78, 5) is 44.0. The van der Waals surface area contributed by atoms with Gasteiger partial charge in [0.25, 0.3) is 15.9 Å². The van der Waals surface area contributed by atoms with Crippen molar-refractivity contribution in [1.29, 1.82) is 0 Å². The van der Waals surface area contributed by atoms with E-state index in [4.69, 9.17) is 0 Å². The van der Waals surface area contributed by atoms with Crippen molar-refractivity contribution >= 4 is 59.7 Å². The quantitative estimate of drug-likeness (QED) is 0.400. The molecule has 0 saturated carbocycles. The molecule has 3 aromatic rings. The Hall–Kier alpha value is -2.67. The number of carbonyl (C=O) groups is 3. The van der Waals surface area contributed by atoms with Crippen LogP contribution in [0.25, 0.3) is 9.40 Å². The number of aromatic nitrogens is 1. The lowest BCUT2D eigenvalue weighted by molar-refractivity contribution is -0.129. The largest absolute Gasteiger partial charge is 0.344 e. The number of hydrogen-bond acceptors (Lipinski definition) is 8. The number of sulfonamides is 1. The second-order valence-corrected chi connectivity index (χ2v) is 14.0. The lowest BCUT2D eigenvalue weighted by Gasteiger charge is -2.23. The Bertz CT molecular complexity index is 1370. The molecule has 1 fully saturated rings. The Labute approximate surface area is 230 Å². The molecule has 9 nitrogen and oxygen atoms in total. The highest BCUT2D eigenvalue weighted by molar-refractivity contribution is 7.89. The highest BCUT2D eigenvalue weighted by Crippen LogP contribution is 2.30. The van der Waals surface area contributed by atoms with E-state index in [2.05, 4.69) is 15.6 Å². The minimum absolute atomic E-state index is 0.118. The Morgan fingerprint density at radius 1 is 1.18 bits per heavy atom. The Kier molecular flexibility index (Phi) is 8.96. The number of ketones is 1. The van der Waals surface area contributed by atoms with E-state index in [1.165, 1.54) is 23.6 Å². The molecular weight excluding hydrogens is 545 g/mol. The molecule has 1 aliphatic heterocycles. The van der Waals surface area contributed by atoms with Gasteiger partial charge in [-0.25, -0.2) is 13.4 Å². The molecule has 4 heterocycles. The van der Waals surface area contributed by atoms with Crippen molar-refractivity contribution < 1.29 is 22.8 Å². The Balaban J connectivity index is 1.46. The number of nitrogens with one attached hydrogen (secondary N) is 2. The molecular formula is C26H32N4O5S3. The summed E-state index contributed by atoms with van der Waals surface area (Å²) in [5.41, 5.74) is 0. The maximum Gasteiger partial charge on any atom is 0.262 e. The maximum atomic E-state index is 13.4. The normalized spacial score (nSPS) is 19.8. The molecule has 0 unspecified atom stereocenters. The molecule has 4 rings (SSSR count). The van der Waals surface area contributed by atoms with Crippen LogP contribution in [0.15, 0.2) is 46.9 Å². The van der Waals surface area contributed by atoms with Crippen LogP contribution in [0.1, 0.15) is 49.7 Å². The van der Waals surface area contributed by atoms with Crippen LogP contribution in [0.5, 0.6) is 0 Å². The fourth-order valence-corrected chi connectivity index (χ4v) is 7.88. The lowest BCUT2D eigenvalue weighted by Crippen LogP contribution is -2.52. The second-order valence-electron chi connectivity index (χ2n) is 10.1. The van der Waals surface area contributed by atoms with Gasteiger partial charge in [0.15, 0.2) is 10.8 Å². The van der Waals surface area contributed by atoms with Crippen molar-refractivity contribution in [3.05, 3.63) is 46.8 Å². The fourth-order valence-electron chi connectivity index (χ4n) is 4.41. The van der Waals surface area contributed by atoms with Crippen LogP contribution in [0.3, 0.4) is 0 Å². The van der Waals surface area contributed by atoms with Gasteiger partial charge in [-0.05, 0) is 60.7 Å². The smallest absolute Gasteiger partial charge is 0.262 e. The Morgan fingerprint density at radius 2 is 1.97 bits per heavy atom. The third kappa shape index (κ3) is 6.66. The molecule has 1 aliphatic rings. The van der Waals surface area contributed by atoms with Crippen LogP contribution >= 0.6 is 22.7 Å². The predicted octanol–water partition coefficient (Wildman–Crippen LogP) is 3.68. The molecule has 1 saturated heterocycles. The number of rotatable bonds is 9. The summed E-state index contributed by atoms with van der Waals surface area (Å²) in [6, 6.07) is 6.71. The molecule has 38 heavy (non-hydrogen) atoms. The van der Waals surface area contributed by atoms with Crippen molar-refractivity contribution in [3.63, 3.8) is 0 Å². The highest BCUT2D eigenvalue weighted by Gasteiger charge is 2.37. The minimum atomic E-state index is -3.96. The summed E-state index contributed by atoms with van der Waals surface area (Å²) in [5, 5.41) is 7.53. The van der Waals surface area contributed by atoms with Crippen molar-refractivity contribution in [2.75, 3.05) is 13.1 Å². The van der Waals surface area contributed by atoms with E-state index in [0.29, 0.717) is 30.1 Å². The second kappa shape index (κ2) is 12.0. The summed E-state index contributed by atoms with van der Waals surface area (Å²) < 4.78 is 29.4. The van der Waals surface area contributed by atoms with Crippen molar-refractivity contribution in [3.8, 4) is 0 Å². The molecule has 2 N–H and O–H groups in total. The molecule has 2 amide bonds. The average Bonchev–Trinajstić information content (AvgIpc) is 3.45. The van der Waals surface area contributed by atoms with Crippen LogP contribution in [-0.2, 0) is 19.6 Å². The van der Waals surface area contributed by atoms with Gasteiger partial charge in [-0.15, -0.1) is 22.7 Å². The third-order valence-corrected chi connectivity index (χ3v) is 10.3. The Morgan fingerprint density at radius 3 is 2.66 bits per heavy atom. The first-order valence-electron chi connectivity index (χ1n) is 12.6. The summed E-state index contributed by atoms with van der Waals surface area (Å²) >= 11 is 2.93. The minimum Gasteiger partial charge on any atom is -0.344 e. The number of hydrogen-bond donors (Lipinski definition) is 2. The lowest BCUT2D eigenvalue weighted by atomic mass is 9.99. The molecule has 0 bridgehead atoms. The number of pyridine rings is 1. The topological polar surface area (TPSA) is 126 Å². The van der Waals surface area contributed by atoms with Crippen LogP contribution in [0.4, 0.5) is 0 Å². The zero-order valence-corrected chi connectivity index (χ0v) is 24.0. The molecule has 0 spiro atoms. The van der Waals surface area contributed by atoms with Crippen LogP contribution in [-0.4, -0.2) is 60.5 Å². The van der Waals surface area contributed by atoms with Gasteiger partial charge in [0.05, 0.1) is 17.5 Å². The SMILES string of the molecule is CC(C)CC[C@H](NC(=O)c1cc2sccc2s1)C(=O)N[C@H]1C[C@H](C)CN(S(=O)(=O)c2ccccn2)CC1=O. The van der Waals surface area contributed by atoms with Gasteiger partial charge in [-0.2, -0.15) is 4.31 Å². The maximum absolute atomic E-state index is 13.4. The number of fused-ring (bicyclic) bond motifs is 1. The summed E-state index contributed by atoms with van der Waals surface area (Å²) in [6.45, 7) is 5.71. The van der Waals surface area contributed by atoms with Crippen molar-refractivity contribution in [2.24, 2.45) is 11.8 Å². The number of amides is 2. The van der Waals surface area contributed by atoms with Gasteiger partial charge < -0.3 is 10.6 Å². The summed E-state index contributed by atoms with van der Waals surface area (Å²) in [5.74, 6) is -1.03. The van der Waals surface area contributed by atoms with E-state index in [-0.39, 0.29) is 29.9 Å². The molecule has 0 aliphatic carbocycles. The van der Waals surface area contributed by atoms with E-state index in [0.717, 1.165) is 13.7 Å². The van der Waals surface area contributed by atoms with Crippen LogP contribution < -0.4 is 10.6 Å². The molecule has 0 aromatic carbocycles.